The minimum absolute atomic E-state index is 0.123. The first-order valence-corrected chi connectivity index (χ1v) is 9.90. The molecule has 1 aliphatic rings. The van der Waals surface area contributed by atoms with Crippen LogP contribution >= 0.6 is 0 Å². The summed E-state index contributed by atoms with van der Waals surface area (Å²) in [5.41, 5.74) is 3.04. The van der Waals surface area contributed by atoms with Crippen molar-refractivity contribution >= 4 is 17.4 Å². The largest absolute Gasteiger partial charge is 0.507 e. The van der Waals surface area contributed by atoms with Gasteiger partial charge in [0, 0.05) is 18.7 Å². The fraction of sp³-hybridized carbons (Fsp3) is 0.333. The number of Topliss-reactive ketones (excluding diaryl/α,β-unsaturated/α-hetero) is 1. The van der Waals surface area contributed by atoms with Gasteiger partial charge in [0.25, 0.3) is 11.7 Å². The lowest BCUT2D eigenvalue weighted by Gasteiger charge is -2.26. The molecule has 1 fully saturated rings. The highest BCUT2D eigenvalue weighted by Crippen LogP contribution is 2.40. The number of aliphatic hydroxyl groups is 1. The molecule has 6 nitrogen and oxygen atoms in total. The molecule has 3 rings (SSSR count). The number of hydrogen-bond donors (Lipinski definition) is 1. The van der Waals surface area contributed by atoms with Crippen LogP contribution in [0.5, 0.6) is 5.75 Å². The van der Waals surface area contributed by atoms with Gasteiger partial charge >= 0.3 is 0 Å². The van der Waals surface area contributed by atoms with E-state index in [4.69, 9.17) is 4.74 Å². The van der Waals surface area contributed by atoms with Crippen LogP contribution in [0.2, 0.25) is 0 Å². The van der Waals surface area contributed by atoms with Crippen LogP contribution in [0, 0.1) is 13.8 Å². The third kappa shape index (κ3) is 3.96. The van der Waals surface area contributed by atoms with Gasteiger partial charge in [-0.3, -0.25) is 9.59 Å². The quantitative estimate of drug-likeness (QED) is 0.451. The summed E-state index contributed by atoms with van der Waals surface area (Å²) in [4.78, 5) is 29.4. The van der Waals surface area contributed by atoms with E-state index in [1.165, 1.54) is 0 Å². The number of methoxy groups -OCH3 is 1. The second-order valence-corrected chi connectivity index (χ2v) is 7.84. The zero-order valence-electron chi connectivity index (χ0n) is 18.1. The van der Waals surface area contributed by atoms with Crippen molar-refractivity contribution in [3.8, 4) is 5.75 Å². The predicted molar refractivity (Wildman–Crippen MR) is 116 cm³/mol. The first-order valence-electron chi connectivity index (χ1n) is 9.90. The Morgan fingerprint density at radius 2 is 1.77 bits per heavy atom. The molecule has 1 saturated heterocycles. The van der Waals surface area contributed by atoms with Gasteiger partial charge in [-0.2, -0.15) is 0 Å². The zero-order chi connectivity index (χ0) is 22.0. The third-order valence-electron chi connectivity index (χ3n) is 5.44. The number of likely N-dealkylation sites (tertiary alicyclic amines) is 1. The monoisotopic (exact) mass is 408 g/mol. The molecule has 0 aromatic heterocycles. The van der Waals surface area contributed by atoms with Gasteiger partial charge in [-0.1, -0.05) is 30.3 Å². The number of amides is 1. The van der Waals surface area contributed by atoms with Gasteiger partial charge in [-0.05, 0) is 56.8 Å². The average molecular weight is 408 g/mol. The van der Waals surface area contributed by atoms with E-state index in [-0.39, 0.29) is 11.3 Å². The number of aryl methyl sites for hydroxylation is 2. The van der Waals surface area contributed by atoms with Crippen molar-refractivity contribution in [2.24, 2.45) is 0 Å². The Balaban J connectivity index is 2.18. The molecule has 0 radical (unpaired) electrons. The summed E-state index contributed by atoms with van der Waals surface area (Å²) in [7, 11) is 5.42. The van der Waals surface area contributed by atoms with Crippen LogP contribution in [0.15, 0.2) is 48.0 Å². The Morgan fingerprint density at radius 1 is 1.10 bits per heavy atom. The maximum Gasteiger partial charge on any atom is 0.295 e. The fourth-order valence-corrected chi connectivity index (χ4v) is 3.81. The number of carbonyl (C=O) groups is 2. The summed E-state index contributed by atoms with van der Waals surface area (Å²) in [5.74, 6) is -0.698. The smallest absolute Gasteiger partial charge is 0.295 e. The Morgan fingerprint density at radius 3 is 2.37 bits per heavy atom. The van der Waals surface area contributed by atoms with Gasteiger partial charge in [0.1, 0.15) is 11.5 Å². The Kier molecular flexibility index (Phi) is 6.27. The number of benzene rings is 2. The Labute approximate surface area is 177 Å². The third-order valence-corrected chi connectivity index (χ3v) is 5.44. The van der Waals surface area contributed by atoms with E-state index >= 15 is 0 Å². The lowest BCUT2D eigenvalue weighted by atomic mass is 9.93. The summed E-state index contributed by atoms with van der Waals surface area (Å²) in [6, 6.07) is 12.3. The van der Waals surface area contributed by atoms with Crippen molar-refractivity contribution in [2.75, 3.05) is 34.3 Å². The van der Waals surface area contributed by atoms with Gasteiger partial charge in [-0.15, -0.1) is 0 Å². The van der Waals surface area contributed by atoms with Gasteiger partial charge in [0.05, 0.1) is 18.7 Å². The number of carbonyl (C=O) groups excluding carboxylic acids is 2. The summed E-state index contributed by atoms with van der Waals surface area (Å²) >= 11 is 0. The van der Waals surface area contributed by atoms with Crippen molar-refractivity contribution in [3.63, 3.8) is 0 Å². The number of ketones is 1. The Hall–Kier alpha value is -3.12. The molecule has 2 aromatic rings. The molecule has 1 unspecified atom stereocenters. The summed E-state index contributed by atoms with van der Waals surface area (Å²) < 4.78 is 5.35. The first-order chi connectivity index (χ1) is 14.3. The summed E-state index contributed by atoms with van der Waals surface area (Å²) in [5, 5.41) is 11.2. The number of ether oxygens (including phenoxy) is 1. The molecule has 0 spiro atoms. The summed E-state index contributed by atoms with van der Waals surface area (Å²) in [6.07, 6.45) is 0. The van der Waals surface area contributed by atoms with Crippen LogP contribution < -0.4 is 4.74 Å². The molecular weight excluding hydrogens is 380 g/mol. The molecule has 2 aromatic carbocycles. The minimum atomic E-state index is -0.659. The lowest BCUT2D eigenvalue weighted by molar-refractivity contribution is -0.140. The number of hydrogen-bond acceptors (Lipinski definition) is 5. The van der Waals surface area contributed by atoms with Crippen molar-refractivity contribution < 1.29 is 19.4 Å². The molecule has 1 heterocycles. The average Bonchev–Trinajstić information content (AvgIpc) is 2.98. The lowest BCUT2D eigenvalue weighted by Crippen LogP contribution is -2.35. The van der Waals surface area contributed by atoms with Crippen LogP contribution in [0.25, 0.3) is 5.76 Å². The van der Waals surface area contributed by atoms with Gasteiger partial charge in [0.2, 0.25) is 0 Å². The number of nitrogens with zero attached hydrogens (tertiary/aromatic N) is 2. The van der Waals surface area contributed by atoms with Crippen LogP contribution in [-0.2, 0) is 9.59 Å². The van der Waals surface area contributed by atoms with Crippen molar-refractivity contribution in [2.45, 2.75) is 19.9 Å². The maximum atomic E-state index is 13.0. The molecule has 0 aliphatic carbocycles. The number of likely N-dealkylation sites (N-methyl/N-ethyl adjacent to an activating group) is 1. The SMILES string of the molecule is COc1cc(C)c(/C(O)=C2\C(=O)C(=O)N(CCN(C)C)C2c2ccccc2)cc1C. The predicted octanol–water partition coefficient (Wildman–Crippen LogP) is 3.30. The maximum absolute atomic E-state index is 13.0. The van der Waals surface area contributed by atoms with Crippen molar-refractivity contribution in [1.29, 1.82) is 0 Å². The molecule has 6 heteroatoms. The summed E-state index contributed by atoms with van der Waals surface area (Å²) in [6.45, 7) is 4.71. The minimum Gasteiger partial charge on any atom is -0.507 e. The highest BCUT2D eigenvalue weighted by Gasteiger charge is 2.45. The normalized spacial score (nSPS) is 18.3. The molecular formula is C24H28N2O4. The molecule has 1 atom stereocenters. The van der Waals surface area contributed by atoms with E-state index < -0.39 is 17.7 Å². The highest BCUT2D eigenvalue weighted by molar-refractivity contribution is 6.46. The van der Waals surface area contributed by atoms with E-state index in [1.54, 1.807) is 18.1 Å². The molecule has 0 saturated carbocycles. The number of rotatable bonds is 6. The van der Waals surface area contributed by atoms with Crippen LogP contribution in [0.3, 0.4) is 0 Å². The van der Waals surface area contributed by atoms with Gasteiger partial charge in [0.15, 0.2) is 0 Å². The van der Waals surface area contributed by atoms with E-state index in [2.05, 4.69) is 0 Å². The molecule has 158 valence electrons. The second-order valence-electron chi connectivity index (χ2n) is 7.84. The van der Waals surface area contributed by atoms with Crippen molar-refractivity contribution in [1.82, 2.24) is 9.80 Å². The van der Waals surface area contributed by atoms with Gasteiger partial charge in [-0.25, -0.2) is 0 Å². The molecule has 30 heavy (non-hydrogen) atoms. The zero-order valence-corrected chi connectivity index (χ0v) is 18.1. The van der Waals surface area contributed by atoms with Crippen LogP contribution in [0.1, 0.15) is 28.3 Å². The van der Waals surface area contributed by atoms with Crippen molar-refractivity contribution in [3.05, 3.63) is 70.3 Å². The highest BCUT2D eigenvalue weighted by atomic mass is 16.5. The second kappa shape index (κ2) is 8.71. The van der Waals surface area contributed by atoms with Gasteiger partial charge < -0.3 is 19.6 Å². The standard InChI is InChI=1S/C24H28N2O4/c1-15-14-19(30-5)16(2)13-18(15)22(27)20-21(17-9-7-6-8-10-17)26(12-11-25(3)4)24(29)23(20)28/h6-10,13-14,21,27H,11-12H2,1-5H3/b22-20+. The fourth-order valence-electron chi connectivity index (χ4n) is 3.81. The van der Waals surface area contributed by atoms with Crippen LogP contribution in [0.4, 0.5) is 0 Å². The van der Waals surface area contributed by atoms with E-state index in [0.29, 0.717) is 24.4 Å². The molecule has 1 aliphatic heterocycles. The van der Waals surface area contributed by atoms with E-state index in [9.17, 15) is 14.7 Å². The molecule has 1 N–H and O–H groups in total. The van der Waals surface area contributed by atoms with Crippen LogP contribution in [-0.4, -0.2) is 60.9 Å². The topological polar surface area (TPSA) is 70.1 Å². The van der Waals surface area contributed by atoms with E-state index in [0.717, 1.165) is 16.7 Å². The molecule has 1 amide bonds. The first kappa shape index (κ1) is 21.6. The molecule has 0 bridgehead atoms. The van der Waals surface area contributed by atoms with E-state index in [1.807, 2.05) is 69.2 Å². The Bertz CT molecular complexity index is 996. The number of aliphatic hydroxyl groups excluding tert-OH is 1.